The van der Waals surface area contributed by atoms with Gasteiger partial charge < -0.3 is 4.74 Å². The average Bonchev–Trinajstić information content (AvgIpc) is 3.39. The van der Waals surface area contributed by atoms with E-state index in [9.17, 15) is 19.7 Å². The molecular formula is C26H22ClN3O6. The van der Waals surface area contributed by atoms with E-state index in [-0.39, 0.29) is 10.7 Å². The van der Waals surface area contributed by atoms with Crippen LogP contribution in [0.2, 0.25) is 5.02 Å². The highest BCUT2D eigenvalue weighted by atomic mass is 35.5. The summed E-state index contributed by atoms with van der Waals surface area (Å²) in [5.41, 5.74) is 1.13. The van der Waals surface area contributed by atoms with Crippen molar-refractivity contribution in [1.82, 2.24) is 0 Å². The summed E-state index contributed by atoms with van der Waals surface area (Å²) in [5, 5.41) is 13.2. The third-order valence-corrected chi connectivity index (χ3v) is 6.55. The second-order valence-electron chi connectivity index (χ2n) is 8.48. The molecule has 2 aliphatic heterocycles. The van der Waals surface area contributed by atoms with E-state index < -0.39 is 34.8 Å². The predicted molar refractivity (Wildman–Crippen MR) is 133 cm³/mol. The lowest BCUT2D eigenvalue weighted by molar-refractivity contribution is -0.384. The van der Waals surface area contributed by atoms with Gasteiger partial charge in [-0.25, -0.2) is 9.96 Å². The number of ether oxygens (including phenoxy) is 1. The molecule has 2 aliphatic rings. The number of nitro benzene ring substituents is 1. The lowest BCUT2D eigenvalue weighted by Gasteiger charge is -2.29. The van der Waals surface area contributed by atoms with Gasteiger partial charge in [0.15, 0.2) is 6.10 Å². The van der Waals surface area contributed by atoms with Gasteiger partial charge >= 0.3 is 0 Å². The second-order valence-corrected chi connectivity index (χ2v) is 8.88. The van der Waals surface area contributed by atoms with Crippen LogP contribution in [0.3, 0.4) is 0 Å². The number of hydrogen-bond donors (Lipinski definition) is 0. The van der Waals surface area contributed by atoms with Crippen LogP contribution in [-0.2, 0) is 14.4 Å². The number of nitrogens with zero attached hydrogens (tertiary/aromatic N) is 3. The normalized spacial score (nSPS) is 21.1. The Morgan fingerprint density at radius 3 is 2.39 bits per heavy atom. The summed E-state index contributed by atoms with van der Waals surface area (Å²) in [4.78, 5) is 45.3. The van der Waals surface area contributed by atoms with Crippen LogP contribution in [0.4, 0.5) is 17.1 Å². The average molecular weight is 508 g/mol. The molecule has 0 aromatic heterocycles. The van der Waals surface area contributed by atoms with Crippen LogP contribution in [0, 0.1) is 16.0 Å². The number of hydroxylamine groups is 1. The van der Waals surface area contributed by atoms with Crippen LogP contribution in [0.15, 0.2) is 72.8 Å². The van der Waals surface area contributed by atoms with Crippen LogP contribution in [0.1, 0.15) is 24.9 Å². The molecule has 0 saturated carbocycles. The van der Waals surface area contributed by atoms with Crippen LogP contribution in [0.5, 0.6) is 5.75 Å². The van der Waals surface area contributed by atoms with Crippen molar-refractivity contribution in [3.8, 4) is 5.75 Å². The largest absolute Gasteiger partial charge is 0.494 e. The van der Waals surface area contributed by atoms with Gasteiger partial charge in [0.2, 0.25) is 5.91 Å². The van der Waals surface area contributed by atoms with Gasteiger partial charge in [-0.1, -0.05) is 36.7 Å². The number of non-ortho nitro benzene ring substituents is 1. The molecular weight excluding hydrogens is 486 g/mol. The molecule has 0 radical (unpaired) electrons. The maximum Gasteiger partial charge on any atom is 0.269 e. The highest BCUT2D eigenvalue weighted by molar-refractivity contribution is 6.31. The number of halogens is 1. The number of para-hydroxylation sites is 1. The number of rotatable bonds is 7. The van der Waals surface area contributed by atoms with Crippen molar-refractivity contribution >= 4 is 40.5 Å². The standard InChI is InChI=1S/C26H22ClN3O6/c1-2-14-35-19-11-8-16(9-12-19)28-25(31)22-23(20-15-18(30(33)34)10-13-21(20)27)29(36-24(22)26(28)32)17-6-4-3-5-7-17/h3-13,15,22-24H,2,14H2,1H3/t22-,23-,24-/m0/s1. The number of nitro groups is 1. The van der Waals surface area contributed by atoms with Crippen molar-refractivity contribution in [2.75, 3.05) is 16.6 Å². The summed E-state index contributed by atoms with van der Waals surface area (Å²) in [6.07, 6.45) is -0.264. The third-order valence-electron chi connectivity index (χ3n) is 6.20. The van der Waals surface area contributed by atoms with Gasteiger partial charge in [0.1, 0.15) is 11.7 Å². The second kappa shape index (κ2) is 9.60. The van der Waals surface area contributed by atoms with Crippen LogP contribution >= 0.6 is 11.6 Å². The number of hydrogen-bond acceptors (Lipinski definition) is 7. The van der Waals surface area contributed by atoms with Gasteiger partial charge in [0.05, 0.1) is 28.9 Å². The van der Waals surface area contributed by atoms with Crippen molar-refractivity contribution in [2.24, 2.45) is 5.92 Å². The fourth-order valence-corrected chi connectivity index (χ4v) is 4.80. The minimum atomic E-state index is -1.12. The van der Waals surface area contributed by atoms with Crippen molar-refractivity contribution in [3.63, 3.8) is 0 Å². The first-order valence-corrected chi connectivity index (χ1v) is 11.8. The lowest BCUT2D eigenvalue weighted by Crippen LogP contribution is -2.37. The summed E-state index contributed by atoms with van der Waals surface area (Å²) in [6, 6.07) is 18.8. The fourth-order valence-electron chi connectivity index (χ4n) is 4.57. The van der Waals surface area contributed by atoms with Crippen molar-refractivity contribution in [1.29, 1.82) is 0 Å². The number of amides is 2. The monoisotopic (exact) mass is 507 g/mol. The Morgan fingerprint density at radius 1 is 1.00 bits per heavy atom. The van der Waals surface area contributed by atoms with Crippen LogP contribution in [0.25, 0.3) is 0 Å². The molecule has 3 atom stereocenters. The number of benzene rings is 3. The fraction of sp³-hybridized carbons (Fsp3) is 0.231. The quantitative estimate of drug-likeness (QED) is 0.249. The molecule has 9 nitrogen and oxygen atoms in total. The minimum absolute atomic E-state index is 0.179. The first kappa shape index (κ1) is 23.8. The lowest BCUT2D eigenvalue weighted by atomic mass is 9.90. The maximum absolute atomic E-state index is 13.7. The molecule has 2 amide bonds. The Bertz CT molecular complexity index is 1320. The Hall–Kier alpha value is -3.95. The van der Waals surface area contributed by atoms with Gasteiger partial charge in [-0.05, 0) is 48.9 Å². The zero-order chi connectivity index (χ0) is 25.4. The summed E-state index contributed by atoms with van der Waals surface area (Å²) in [5.74, 6) is -1.32. The molecule has 0 aliphatic carbocycles. The predicted octanol–water partition coefficient (Wildman–Crippen LogP) is 5.09. The van der Waals surface area contributed by atoms with Crippen molar-refractivity contribution in [3.05, 3.63) is 93.5 Å². The maximum atomic E-state index is 13.7. The number of carbonyl (C=O) groups excluding carboxylic acids is 2. The number of imide groups is 1. The number of carbonyl (C=O) groups is 2. The van der Waals surface area contributed by atoms with Crippen molar-refractivity contribution < 1.29 is 24.1 Å². The molecule has 2 saturated heterocycles. The molecule has 0 bridgehead atoms. The number of fused-ring (bicyclic) bond motifs is 1. The molecule has 10 heteroatoms. The Labute approximate surface area is 211 Å². The summed E-state index contributed by atoms with van der Waals surface area (Å²) >= 11 is 6.49. The van der Waals surface area contributed by atoms with E-state index >= 15 is 0 Å². The molecule has 3 aromatic rings. The molecule has 2 fully saturated rings. The van der Waals surface area contributed by atoms with Gasteiger partial charge in [0, 0.05) is 22.7 Å². The molecule has 0 unspecified atom stereocenters. The third kappa shape index (κ3) is 4.06. The smallest absolute Gasteiger partial charge is 0.269 e. The zero-order valence-corrected chi connectivity index (χ0v) is 20.0. The van der Waals surface area contributed by atoms with Crippen LogP contribution in [-0.4, -0.2) is 29.4 Å². The summed E-state index contributed by atoms with van der Waals surface area (Å²) in [6.45, 7) is 2.55. The summed E-state index contributed by atoms with van der Waals surface area (Å²) < 4.78 is 5.59. The molecule has 0 spiro atoms. The first-order chi connectivity index (χ1) is 17.4. The number of anilines is 2. The molecule has 2 heterocycles. The molecule has 0 N–H and O–H groups in total. The Balaban J connectivity index is 1.55. The summed E-state index contributed by atoms with van der Waals surface area (Å²) in [7, 11) is 0. The van der Waals surface area contributed by atoms with Gasteiger partial charge in [-0.3, -0.25) is 24.5 Å². The molecule has 184 valence electrons. The molecule has 3 aromatic carbocycles. The van der Waals surface area contributed by atoms with E-state index in [2.05, 4.69) is 0 Å². The van der Waals surface area contributed by atoms with Gasteiger partial charge in [0.25, 0.3) is 11.6 Å². The van der Waals surface area contributed by atoms with E-state index in [1.807, 2.05) is 13.0 Å². The topological polar surface area (TPSA) is 102 Å². The van der Waals surface area contributed by atoms with Gasteiger partial charge in [-0.15, -0.1) is 0 Å². The highest BCUT2D eigenvalue weighted by Crippen LogP contribution is 2.49. The van der Waals surface area contributed by atoms with E-state index in [0.717, 1.165) is 11.3 Å². The van der Waals surface area contributed by atoms with Crippen LogP contribution < -0.4 is 14.7 Å². The SMILES string of the molecule is CCCOc1ccc(N2C(=O)[C@@H]3[C@H](ON(c4ccccc4)[C@H]3c3cc([N+](=O)[O-])ccc3Cl)C2=O)cc1. The Morgan fingerprint density at radius 2 is 1.72 bits per heavy atom. The minimum Gasteiger partial charge on any atom is -0.494 e. The Kier molecular flexibility index (Phi) is 6.34. The molecule has 5 rings (SSSR count). The first-order valence-electron chi connectivity index (χ1n) is 11.5. The van der Waals surface area contributed by atoms with E-state index in [1.54, 1.807) is 48.5 Å². The van der Waals surface area contributed by atoms with E-state index in [1.165, 1.54) is 23.3 Å². The van der Waals surface area contributed by atoms with Gasteiger partial charge in [-0.2, -0.15) is 0 Å². The van der Waals surface area contributed by atoms with E-state index in [0.29, 0.717) is 29.3 Å². The molecule has 36 heavy (non-hydrogen) atoms. The highest BCUT2D eigenvalue weighted by Gasteiger charge is 2.60. The van der Waals surface area contributed by atoms with E-state index in [4.69, 9.17) is 21.2 Å². The zero-order valence-electron chi connectivity index (χ0n) is 19.2. The van der Waals surface area contributed by atoms with Crippen molar-refractivity contribution in [2.45, 2.75) is 25.5 Å².